The minimum Gasteiger partial charge on any atom is -0.384 e. The molecule has 0 aliphatic carbocycles. The summed E-state index contributed by atoms with van der Waals surface area (Å²) in [5, 5.41) is 0. The van der Waals surface area contributed by atoms with Crippen LogP contribution in [-0.2, 0) is 14.2 Å². The summed E-state index contributed by atoms with van der Waals surface area (Å²) < 4.78 is 15.6. The highest BCUT2D eigenvalue weighted by Crippen LogP contribution is 2.27. The third-order valence-corrected chi connectivity index (χ3v) is 2.52. The molecule has 17 heavy (non-hydrogen) atoms. The average molecular weight is 240 g/mol. The van der Waals surface area contributed by atoms with Gasteiger partial charge in [0.2, 0.25) is 0 Å². The Labute approximate surface area is 105 Å². The summed E-state index contributed by atoms with van der Waals surface area (Å²) in [4.78, 5) is 0. The lowest BCUT2D eigenvalue weighted by molar-refractivity contribution is 0.0149. The van der Waals surface area contributed by atoms with Gasteiger partial charge in [-0.2, -0.15) is 0 Å². The second-order valence-electron chi connectivity index (χ2n) is 4.10. The van der Waals surface area contributed by atoms with Crippen LogP contribution in [0.15, 0.2) is 12.2 Å². The van der Waals surface area contributed by atoms with Gasteiger partial charge < -0.3 is 14.2 Å². The fourth-order valence-electron chi connectivity index (χ4n) is 1.72. The standard InChI is InChI=1S/C14H24O3/c1-5-6-9-14(12-16-3,13-17-4)10-7-8-11-15-2/h7-8H,9-13H2,1-4H3/b8-7-. The first-order chi connectivity index (χ1) is 8.24. The molecule has 0 bridgehead atoms. The first-order valence-electron chi connectivity index (χ1n) is 5.76. The molecule has 0 saturated heterocycles. The smallest absolute Gasteiger partial charge is 0.0643 e. The highest BCUT2D eigenvalue weighted by Gasteiger charge is 2.28. The van der Waals surface area contributed by atoms with Crippen molar-refractivity contribution in [2.24, 2.45) is 5.41 Å². The molecule has 0 saturated carbocycles. The maximum Gasteiger partial charge on any atom is 0.0643 e. The Kier molecular flexibility index (Phi) is 9.84. The van der Waals surface area contributed by atoms with Crippen molar-refractivity contribution in [1.29, 1.82) is 0 Å². The van der Waals surface area contributed by atoms with Crippen LogP contribution in [-0.4, -0.2) is 41.2 Å². The van der Waals surface area contributed by atoms with E-state index >= 15 is 0 Å². The van der Waals surface area contributed by atoms with Crippen molar-refractivity contribution in [1.82, 2.24) is 0 Å². The van der Waals surface area contributed by atoms with Gasteiger partial charge in [-0.3, -0.25) is 0 Å². The maximum absolute atomic E-state index is 5.30. The molecular weight excluding hydrogens is 216 g/mol. The van der Waals surface area contributed by atoms with Gasteiger partial charge in [-0.15, -0.1) is 11.8 Å². The van der Waals surface area contributed by atoms with Crippen LogP contribution >= 0.6 is 0 Å². The van der Waals surface area contributed by atoms with Gasteiger partial charge in [-0.25, -0.2) is 0 Å². The van der Waals surface area contributed by atoms with Crippen molar-refractivity contribution in [2.75, 3.05) is 41.2 Å². The third kappa shape index (κ3) is 7.17. The molecule has 3 heteroatoms. The molecule has 0 fully saturated rings. The van der Waals surface area contributed by atoms with E-state index < -0.39 is 0 Å². The van der Waals surface area contributed by atoms with Crippen LogP contribution in [0.3, 0.4) is 0 Å². The van der Waals surface area contributed by atoms with Crippen LogP contribution in [0.25, 0.3) is 0 Å². The summed E-state index contributed by atoms with van der Waals surface area (Å²) in [5.41, 5.74) is -0.0588. The highest BCUT2D eigenvalue weighted by atomic mass is 16.5. The molecule has 0 amide bonds. The molecule has 0 aliphatic heterocycles. The Hall–Kier alpha value is -0.820. The Bertz CT molecular complexity index is 254. The third-order valence-electron chi connectivity index (χ3n) is 2.52. The van der Waals surface area contributed by atoms with Gasteiger partial charge in [-0.05, 0) is 13.3 Å². The largest absolute Gasteiger partial charge is 0.384 e. The zero-order valence-corrected chi connectivity index (χ0v) is 11.4. The number of rotatable bonds is 9. The van der Waals surface area contributed by atoms with E-state index in [0.29, 0.717) is 19.8 Å². The monoisotopic (exact) mass is 240 g/mol. The lowest BCUT2D eigenvalue weighted by Crippen LogP contribution is -2.31. The van der Waals surface area contributed by atoms with Gasteiger partial charge in [0, 0.05) is 33.2 Å². The SMILES string of the molecule is CC#CCC(C/C=C\COC)(COC)COC. The van der Waals surface area contributed by atoms with E-state index in [2.05, 4.69) is 17.9 Å². The maximum atomic E-state index is 5.30. The number of hydrogen-bond acceptors (Lipinski definition) is 3. The minimum atomic E-state index is -0.0588. The van der Waals surface area contributed by atoms with Crippen molar-refractivity contribution < 1.29 is 14.2 Å². The summed E-state index contributed by atoms with van der Waals surface area (Å²) in [6.45, 7) is 3.78. The number of hydrogen-bond donors (Lipinski definition) is 0. The van der Waals surface area contributed by atoms with Gasteiger partial charge in [0.25, 0.3) is 0 Å². The average Bonchev–Trinajstić information content (AvgIpc) is 2.33. The van der Waals surface area contributed by atoms with Crippen molar-refractivity contribution >= 4 is 0 Å². The molecule has 0 unspecified atom stereocenters. The van der Waals surface area contributed by atoms with Gasteiger partial charge in [0.15, 0.2) is 0 Å². The van der Waals surface area contributed by atoms with Gasteiger partial charge in [0.1, 0.15) is 0 Å². The molecule has 0 spiro atoms. The van der Waals surface area contributed by atoms with E-state index in [0.717, 1.165) is 12.8 Å². The predicted molar refractivity (Wildman–Crippen MR) is 69.9 cm³/mol. The van der Waals surface area contributed by atoms with Gasteiger partial charge >= 0.3 is 0 Å². The van der Waals surface area contributed by atoms with Crippen LogP contribution in [0.5, 0.6) is 0 Å². The molecule has 0 aliphatic rings. The Morgan fingerprint density at radius 3 is 2.12 bits per heavy atom. The van der Waals surface area contributed by atoms with Crippen LogP contribution in [0, 0.1) is 17.3 Å². The molecule has 0 atom stereocenters. The topological polar surface area (TPSA) is 27.7 Å². The molecule has 0 aromatic heterocycles. The number of ether oxygens (including phenoxy) is 3. The lowest BCUT2D eigenvalue weighted by Gasteiger charge is -2.29. The van der Waals surface area contributed by atoms with Crippen LogP contribution in [0.1, 0.15) is 19.8 Å². The highest BCUT2D eigenvalue weighted by molar-refractivity contribution is 5.03. The van der Waals surface area contributed by atoms with E-state index in [4.69, 9.17) is 14.2 Å². The molecule has 98 valence electrons. The minimum absolute atomic E-state index is 0.0588. The van der Waals surface area contributed by atoms with E-state index in [-0.39, 0.29) is 5.41 Å². The van der Waals surface area contributed by atoms with E-state index in [9.17, 15) is 0 Å². The lowest BCUT2D eigenvalue weighted by atomic mass is 9.82. The van der Waals surface area contributed by atoms with E-state index in [1.165, 1.54) is 0 Å². The second-order valence-corrected chi connectivity index (χ2v) is 4.10. The molecule has 0 N–H and O–H groups in total. The Morgan fingerprint density at radius 2 is 1.65 bits per heavy atom. The molecule has 3 nitrogen and oxygen atoms in total. The van der Waals surface area contributed by atoms with Crippen molar-refractivity contribution in [3.63, 3.8) is 0 Å². The summed E-state index contributed by atoms with van der Waals surface area (Å²) in [6, 6.07) is 0. The predicted octanol–water partition coefficient (Wildman–Crippen LogP) is 2.27. The molecule has 0 radical (unpaired) electrons. The first-order valence-corrected chi connectivity index (χ1v) is 5.76. The molecule has 0 heterocycles. The van der Waals surface area contributed by atoms with Crippen LogP contribution in [0.2, 0.25) is 0 Å². The Morgan fingerprint density at radius 1 is 1.00 bits per heavy atom. The zero-order valence-electron chi connectivity index (χ0n) is 11.4. The summed E-state index contributed by atoms with van der Waals surface area (Å²) >= 11 is 0. The van der Waals surface area contributed by atoms with Gasteiger partial charge in [-0.1, -0.05) is 12.2 Å². The fraction of sp³-hybridized carbons (Fsp3) is 0.714. The molecular formula is C14H24O3. The molecule has 0 aromatic carbocycles. The summed E-state index contributed by atoms with van der Waals surface area (Å²) in [5.74, 6) is 6.06. The van der Waals surface area contributed by atoms with Crippen LogP contribution < -0.4 is 0 Å². The normalized spacial score (nSPS) is 11.5. The number of methoxy groups -OCH3 is 3. The molecule has 0 aromatic rings. The van der Waals surface area contributed by atoms with E-state index in [1.54, 1.807) is 21.3 Å². The van der Waals surface area contributed by atoms with Crippen molar-refractivity contribution in [2.45, 2.75) is 19.8 Å². The zero-order chi connectivity index (χ0) is 13.0. The van der Waals surface area contributed by atoms with Crippen molar-refractivity contribution in [3.05, 3.63) is 12.2 Å². The fourth-order valence-corrected chi connectivity index (χ4v) is 1.72. The summed E-state index contributed by atoms with van der Waals surface area (Å²) in [7, 11) is 5.11. The van der Waals surface area contributed by atoms with Crippen molar-refractivity contribution in [3.8, 4) is 11.8 Å². The second kappa shape index (κ2) is 10.3. The molecule has 0 rings (SSSR count). The quantitative estimate of drug-likeness (QED) is 0.457. The van der Waals surface area contributed by atoms with Crippen LogP contribution in [0.4, 0.5) is 0 Å². The summed E-state index contributed by atoms with van der Waals surface area (Å²) in [6.07, 6.45) is 5.79. The number of allylic oxidation sites excluding steroid dienone is 1. The van der Waals surface area contributed by atoms with Gasteiger partial charge in [0.05, 0.1) is 19.8 Å². The Balaban J connectivity index is 4.55. The first kappa shape index (κ1) is 16.2. The van der Waals surface area contributed by atoms with E-state index in [1.807, 2.05) is 13.0 Å².